The van der Waals surface area contributed by atoms with Crippen LogP contribution in [0.1, 0.15) is 25.7 Å². The molecule has 19 nitrogen and oxygen atoms in total. The van der Waals surface area contributed by atoms with Crippen LogP contribution in [0.2, 0.25) is 0 Å². The summed E-state index contributed by atoms with van der Waals surface area (Å²) in [4.78, 5) is 4.64. The third-order valence-corrected chi connectivity index (χ3v) is 10.6. The summed E-state index contributed by atoms with van der Waals surface area (Å²) in [6, 6.07) is 23.6. The molecular weight excluding hydrogens is 880 g/mol. The summed E-state index contributed by atoms with van der Waals surface area (Å²) in [5, 5.41) is 32.7. The normalized spacial score (nSPS) is 11.2. The van der Waals surface area contributed by atoms with Crippen molar-refractivity contribution < 1.29 is 30.8 Å². The van der Waals surface area contributed by atoms with Gasteiger partial charge in [-0.15, -0.1) is 0 Å². The Labute approximate surface area is 409 Å². The van der Waals surface area contributed by atoms with Gasteiger partial charge in [-0.25, -0.2) is 27.4 Å². The summed E-state index contributed by atoms with van der Waals surface area (Å²) in [5.74, 6) is 3.20. The van der Waals surface area contributed by atoms with Gasteiger partial charge in [0.2, 0.25) is 0 Å². The van der Waals surface area contributed by atoms with Crippen LogP contribution in [-0.4, -0.2) is 97.1 Å². The first-order chi connectivity index (χ1) is 32.4. The molecule has 3 aromatic carbocycles. The zero-order valence-corrected chi connectivity index (χ0v) is 42.3. The number of aryl methyl sites for hydroxylation is 6. The molecule has 368 valence electrons. The predicted molar refractivity (Wildman–Crippen MR) is 267 cm³/mol. The highest BCUT2D eigenvalue weighted by Crippen LogP contribution is 2.21. The fourth-order valence-corrected chi connectivity index (χ4v) is 6.53. The van der Waals surface area contributed by atoms with Gasteiger partial charge in [-0.3, -0.25) is 0 Å². The largest absolute Gasteiger partial charge is 1.00 e. The lowest BCUT2D eigenvalue weighted by molar-refractivity contribution is -0.657. The van der Waals surface area contributed by atoms with E-state index in [1.54, 1.807) is 7.11 Å². The molecule has 0 atom stereocenters. The van der Waals surface area contributed by atoms with Crippen LogP contribution in [0.4, 0.5) is 46.3 Å². The molecule has 0 aliphatic rings. The first kappa shape index (κ1) is 55.9. The number of ether oxygens (including phenoxy) is 1. The Balaban J connectivity index is 0.000000358. The summed E-state index contributed by atoms with van der Waals surface area (Å²) in [6.07, 6.45) is 16.0. The number of rotatable bonds is 23. The van der Waals surface area contributed by atoms with Crippen molar-refractivity contribution in [2.45, 2.75) is 25.7 Å². The van der Waals surface area contributed by atoms with Crippen molar-refractivity contribution in [1.82, 2.24) is 23.5 Å². The number of aromatic nitrogens is 6. The van der Waals surface area contributed by atoms with Crippen LogP contribution >= 0.6 is 0 Å². The van der Waals surface area contributed by atoms with Gasteiger partial charge in [-0.1, -0.05) is 15.3 Å². The molecule has 0 aliphatic heterocycles. The van der Waals surface area contributed by atoms with E-state index in [4.69, 9.17) is 16.2 Å². The molecule has 0 fully saturated rings. The van der Waals surface area contributed by atoms with Crippen LogP contribution in [0.15, 0.2) is 141 Å². The Hall–Kier alpha value is -6.38. The standard InChI is InChI=1S/C29H39N11.C12H15N4O.C7H19N3.ClH/c1-36(18-6-16-30-24-8-12-26(13-9-24)32-34-28-37(2)20-21-38(28)3)19-7-17-31-25-10-14-27(15-11-25)33-35-29-39(4)22-23-40(29)5;1-15-8-9-16(2)12(15)14-13-10-4-6-11(17-3)7-5-10;1-10(6-2-4-8)7-3-5-9;/h8-15,20-23H,6-7,16-19H2,1-5H3;4-9H,1-3H3;2-9H2,1H3;1H/q;+1;;/p+1. The number of methoxy groups -OCH3 is 1. The van der Waals surface area contributed by atoms with Gasteiger partial charge in [0, 0.05) is 39.8 Å². The minimum absolute atomic E-state index is 0. The van der Waals surface area contributed by atoms with Gasteiger partial charge >= 0.3 is 17.8 Å². The fourth-order valence-electron chi connectivity index (χ4n) is 6.53. The summed E-state index contributed by atoms with van der Waals surface area (Å²) in [6.45, 7) is 7.70. The minimum Gasteiger partial charge on any atom is -1.00 e. The maximum atomic E-state index is 5.35. The first-order valence-electron chi connectivity index (χ1n) is 22.8. The van der Waals surface area contributed by atoms with Gasteiger partial charge in [0.15, 0.2) is 0 Å². The Morgan fingerprint density at radius 1 is 0.500 bits per heavy atom. The van der Waals surface area contributed by atoms with Gasteiger partial charge < -0.3 is 49.0 Å². The smallest absolute Gasteiger partial charge is 0.421 e. The number of halogens is 1. The number of anilines is 2. The number of hydrogen-bond acceptors (Lipinski definition) is 13. The zero-order valence-electron chi connectivity index (χ0n) is 41.6. The summed E-state index contributed by atoms with van der Waals surface area (Å²) in [7, 11) is 17.6. The van der Waals surface area contributed by atoms with Crippen LogP contribution in [0.5, 0.6) is 5.75 Å². The molecule has 6 rings (SSSR count). The maximum absolute atomic E-state index is 5.35. The van der Waals surface area contributed by atoms with E-state index in [0.29, 0.717) is 0 Å². The molecule has 68 heavy (non-hydrogen) atoms. The fraction of sp³-hybridized carbons (Fsp3) is 0.438. The second-order valence-electron chi connectivity index (χ2n) is 16.3. The van der Waals surface area contributed by atoms with Gasteiger partial charge in [-0.05, 0) is 152 Å². The second-order valence-corrected chi connectivity index (χ2v) is 16.3. The molecule has 0 unspecified atom stereocenters. The van der Waals surface area contributed by atoms with Crippen molar-refractivity contribution in [3.05, 3.63) is 110 Å². The van der Waals surface area contributed by atoms with E-state index in [1.165, 1.54) is 0 Å². The lowest BCUT2D eigenvalue weighted by Crippen LogP contribution is -3.00. The summed E-state index contributed by atoms with van der Waals surface area (Å²) >= 11 is 0. The third-order valence-electron chi connectivity index (χ3n) is 10.6. The SMILES string of the molecule is CN(CCCN)CCCN.CN(CCCNc1ccc(N=Nc2n(C)cc[n+]2C)cc1)CCCNc1ccc(N=Nc2n(C)cc[n+]2C)cc1.COc1ccc(N=Nc2n(C)cc[n+]2C)cc1.[Cl-]. The summed E-state index contributed by atoms with van der Waals surface area (Å²) in [5.41, 5.74) is 15.4. The average molecular weight is 956 g/mol. The van der Waals surface area contributed by atoms with Gasteiger partial charge in [0.05, 0.1) is 86.6 Å². The topological polar surface area (TPSA) is 192 Å². The van der Waals surface area contributed by atoms with Crippen LogP contribution in [0.3, 0.4) is 0 Å². The molecule has 0 amide bonds. The molecule has 6 N–H and O–H groups in total. The highest BCUT2D eigenvalue weighted by molar-refractivity contribution is 5.51. The second kappa shape index (κ2) is 30.8. The van der Waals surface area contributed by atoms with Crippen molar-refractivity contribution in [1.29, 1.82) is 0 Å². The Bertz CT molecular complexity index is 2210. The Morgan fingerprint density at radius 3 is 1.09 bits per heavy atom. The molecule has 0 saturated heterocycles. The van der Waals surface area contributed by atoms with Crippen molar-refractivity contribution >= 4 is 46.3 Å². The van der Waals surface area contributed by atoms with E-state index in [2.05, 4.69) is 65.2 Å². The number of azo groups is 3. The lowest BCUT2D eigenvalue weighted by Gasteiger charge is -2.17. The molecule has 0 spiro atoms. The van der Waals surface area contributed by atoms with E-state index in [1.807, 2.05) is 180 Å². The number of nitrogens with zero attached hydrogens (tertiary/aromatic N) is 14. The van der Waals surface area contributed by atoms with Gasteiger partial charge in [0.1, 0.15) is 22.8 Å². The monoisotopic (exact) mass is 955 g/mol. The van der Waals surface area contributed by atoms with E-state index >= 15 is 0 Å². The highest BCUT2D eigenvalue weighted by Gasteiger charge is 2.12. The number of nitrogens with one attached hydrogen (secondary N) is 2. The number of hydrogen-bond donors (Lipinski definition) is 4. The van der Waals surface area contributed by atoms with E-state index in [9.17, 15) is 0 Å². The van der Waals surface area contributed by atoms with Crippen LogP contribution in [0, 0.1) is 0 Å². The lowest BCUT2D eigenvalue weighted by atomic mass is 10.2. The van der Waals surface area contributed by atoms with Crippen LogP contribution in [-0.2, 0) is 42.3 Å². The first-order valence-corrected chi connectivity index (χ1v) is 22.8. The third kappa shape index (κ3) is 19.8. The average Bonchev–Trinajstić information content (AvgIpc) is 3.97. The molecule has 6 aromatic rings. The predicted octanol–water partition coefficient (Wildman–Crippen LogP) is 3.97. The van der Waals surface area contributed by atoms with Crippen LogP contribution < -0.4 is 52.9 Å². The molecule has 3 aromatic heterocycles. The molecule has 0 saturated carbocycles. The van der Waals surface area contributed by atoms with Crippen molar-refractivity contribution in [3.8, 4) is 5.75 Å². The quantitative estimate of drug-likeness (QED) is 0.0424. The highest BCUT2D eigenvalue weighted by atomic mass is 35.5. The molecular formula is C48H75ClN18O+2. The van der Waals surface area contributed by atoms with E-state index in [-0.39, 0.29) is 12.4 Å². The van der Waals surface area contributed by atoms with Crippen molar-refractivity contribution in [3.63, 3.8) is 0 Å². The Kier molecular flexibility index (Phi) is 25.4. The Morgan fingerprint density at radius 2 is 0.809 bits per heavy atom. The van der Waals surface area contributed by atoms with E-state index in [0.717, 1.165) is 130 Å². The molecule has 3 heterocycles. The van der Waals surface area contributed by atoms with Gasteiger partial charge in [0.25, 0.3) is 0 Å². The minimum atomic E-state index is 0. The van der Waals surface area contributed by atoms with Crippen molar-refractivity contribution in [2.24, 2.45) is 84.4 Å². The van der Waals surface area contributed by atoms with Crippen molar-refractivity contribution in [2.75, 3.05) is 84.2 Å². The summed E-state index contributed by atoms with van der Waals surface area (Å²) < 4.78 is 16.6. The molecule has 0 aliphatic carbocycles. The molecule has 0 radical (unpaired) electrons. The van der Waals surface area contributed by atoms with E-state index < -0.39 is 0 Å². The number of benzene rings is 3. The molecule has 0 bridgehead atoms. The number of imidazole rings is 3. The van der Waals surface area contributed by atoms with Crippen LogP contribution in [0.25, 0.3) is 0 Å². The molecule has 20 heteroatoms. The maximum Gasteiger partial charge on any atom is 0.421 e. The number of nitrogens with two attached hydrogens (primary N) is 2. The van der Waals surface area contributed by atoms with Gasteiger partial charge in [-0.2, -0.15) is 0 Å². The zero-order chi connectivity index (χ0) is 48.4.